The van der Waals surface area contributed by atoms with Crippen LogP contribution in [0.4, 0.5) is 0 Å². The van der Waals surface area contributed by atoms with Crippen LogP contribution in [-0.4, -0.2) is 28.5 Å². The molecule has 81 valence electrons. The number of aliphatic imine (C=N–C) groups is 1. The summed E-state index contributed by atoms with van der Waals surface area (Å²) in [5.41, 5.74) is 13.7. The number of thiazole rings is 1. The summed E-state index contributed by atoms with van der Waals surface area (Å²) in [5.74, 6) is -1.46. The van der Waals surface area contributed by atoms with E-state index in [2.05, 4.69) is 20.5 Å². The SMILES string of the molecule is NC(=O)C1=N[N]C(c2nc(C(N)=O)cs2)=N1. The van der Waals surface area contributed by atoms with Crippen LogP contribution in [0.15, 0.2) is 15.5 Å². The first kappa shape index (κ1) is 10.2. The van der Waals surface area contributed by atoms with E-state index in [1.807, 2.05) is 0 Å². The van der Waals surface area contributed by atoms with Gasteiger partial charge in [0.1, 0.15) is 5.69 Å². The molecule has 1 radical (unpaired) electrons. The van der Waals surface area contributed by atoms with E-state index in [1.165, 1.54) is 5.38 Å². The number of carbonyl (C=O) groups excluding carboxylic acids is 2. The zero-order chi connectivity index (χ0) is 11.7. The van der Waals surface area contributed by atoms with E-state index in [1.54, 1.807) is 0 Å². The Morgan fingerprint density at radius 1 is 1.25 bits per heavy atom. The maximum absolute atomic E-state index is 10.8. The molecule has 0 aliphatic carbocycles. The van der Waals surface area contributed by atoms with Crippen molar-refractivity contribution in [1.29, 1.82) is 0 Å². The van der Waals surface area contributed by atoms with Gasteiger partial charge in [0.25, 0.3) is 11.8 Å². The number of amides is 2. The van der Waals surface area contributed by atoms with Crippen LogP contribution in [0.5, 0.6) is 0 Å². The average Bonchev–Trinajstić information content (AvgIpc) is 2.86. The van der Waals surface area contributed by atoms with Crippen LogP contribution in [0.2, 0.25) is 0 Å². The van der Waals surface area contributed by atoms with E-state index >= 15 is 0 Å². The third-order valence-electron chi connectivity index (χ3n) is 1.62. The molecular formula is C7H5N6O2S. The number of carbonyl (C=O) groups is 2. The molecule has 8 nitrogen and oxygen atoms in total. The average molecular weight is 237 g/mol. The molecular weight excluding hydrogens is 232 g/mol. The van der Waals surface area contributed by atoms with Crippen LogP contribution in [0.3, 0.4) is 0 Å². The molecule has 1 aromatic heterocycles. The number of aromatic nitrogens is 1. The van der Waals surface area contributed by atoms with Gasteiger partial charge in [-0.05, 0) is 0 Å². The Bertz CT molecular complexity index is 531. The molecule has 2 rings (SSSR count). The summed E-state index contributed by atoms with van der Waals surface area (Å²) in [7, 11) is 0. The molecule has 0 spiro atoms. The second kappa shape index (κ2) is 3.70. The minimum absolute atomic E-state index is 0.116. The van der Waals surface area contributed by atoms with E-state index in [4.69, 9.17) is 11.5 Å². The number of rotatable bonds is 3. The van der Waals surface area contributed by atoms with Gasteiger partial charge < -0.3 is 11.5 Å². The third-order valence-corrected chi connectivity index (χ3v) is 2.46. The van der Waals surface area contributed by atoms with Gasteiger partial charge >= 0.3 is 0 Å². The Morgan fingerprint density at radius 3 is 2.50 bits per heavy atom. The number of primary amides is 2. The normalized spacial score (nSPS) is 14.0. The number of hydrogen-bond acceptors (Lipinski definition) is 6. The molecule has 0 fully saturated rings. The molecule has 0 atom stereocenters. The lowest BCUT2D eigenvalue weighted by atomic mass is 10.5. The Balaban J connectivity index is 2.24. The summed E-state index contributed by atoms with van der Waals surface area (Å²) in [5, 5.41) is 5.29. The lowest BCUT2D eigenvalue weighted by Gasteiger charge is -1.89. The smallest absolute Gasteiger partial charge is 0.288 e. The van der Waals surface area contributed by atoms with Gasteiger partial charge in [-0.3, -0.25) is 9.59 Å². The van der Waals surface area contributed by atoms with Crippen molar-refractivity contribution in [2.45, 2.75) is 0 Å². The monoisotopic (exact) mass is 237 g/mol. The van der Waals surface area contributed by atoms with E-state index in [0.29, 0.717) is 5.01 Å². The van der Waals surface area contributed by atoms with E-state index < -0.39 is 11.8 Å². The van der Waals surface area contributed by atoms with Gasteiger partial charge in [-0.25, -0.2) is 4.98 Å². The molecule has 2 heterocycles. The lowest BCUT2D eigenvalue weighted by molar-refractivity contribution is -0.112. The zero-order valence-corrected chi connectivity index (χ0v) is 8.56. The first-order valence-electron chi connectivity index (χ1n) is 4.01. The van der Waals surface area contributed by atoms with Crippen LogP contribution in [-0.2, 0) is 4.79 Å². The fourth-order valence-corrected chi connectivity index (χ4v) is 1.66. The highest BCUT2D eigenvalue weighted by Gasteiger charge is 2.21. The number of amidine groups is 2. The summed E-state index contributed by atoms with van der Waals surface area (Å²) in [6.45, 7) is 0. The first-order valence-corrected chi connectivity index (χ1v) is 4.89. The molecule has 0 saturated carbocycles. The summed E-state index contributed by atoms with van der Waals surface area (Å²) in [4.78, 5) is 29.2. The predicted octanol–water partition coefficient (Wildman–Crippen LogP) is -1.59. The molecule has 0 unspecified atom stereocenters. The second-order valence-corrected chi connectivity index (χ2v) is 3.58. The third kappa shape index (κ3) is 1.75. The van der Waals surface area contributed by atoms with Crippen molar-refractivity contribution in [2.24, 2.45) is 21.6 Å². The van der Waals surface area contributed by atoms with Gasteiger partial charge in [-0.2, -0.15) is 4.99 Å². The fourth-order valence-electron chi connectivity index (χ4n) is 0.924. The summed E-state index contributed by atoms with van der Waals surface area (Å²) >= 11 is 1.13. The van der Waals surface area contributed by atoms with Crippen molar-refractivity contribution in [2.75, 3.05) is 0 Å². The molecule has 1 aliphatic rings. The van der Waals surface area contributed by atoms with Crippen molar-refractivity contribution in [3.05, 3.63) is 16.1 Å². The van der Waals surface area contributed by atoms with Crippen molar-refractivity contribution >= 4 is 34.8 Å². The van der Waals surface area contributed by atoms with Gasteiger partial charge in [0, 0.05) is 5.38 Å². The highest BCUT2D eigenvalue weighted by Crippen LogP contribution is 2.12. The van der Waals surface area contributed by atoms with E-state index in [9.17, 15) is 9.59 Å². The Hall–Kier alpha value is -2.29. The molecule has 16 heavy (non-hydrogen) atoms. The fraction of sp³-hybridized carbons (Fsp3) is 0. The molecule has 0 bridgehead atoms. The van der Waals surface area contributed by atoms with Crippen LogP contribution >= 0.6 is 11.3 Å². The van der Waals surface area contributed by atoms with E-state index in [0.717, 1.165) is 11.3 Å². The summed E-state index contributed by atoms with van der Waals surface area (Å²) in [6.07, 6.45) is 0. The lowest BCUT2D eigenvalue weighted by Crippen LogP contribution is -2.20. The minimum Gasteiger partial charge on any atom is -0.364 e. The molecule has 1 aromatic rings. The van der Waals surface area contributed by atoms with Gasteiger partial charge in [0.15, 0.2) is 5.01 Å². The van der Waals surface area contributed by atoms with E-state index in [-0.39, 0.29) is 17.4 Å². The van der Waals surface area contributed by atoms with Crippen molar-refractivity contribution < 1.29 is 9.59 Å². The second-order valence-electron chi connectivity index (χ2n) is 2.73. The molecule has 2 amide bonds. The van der Waals surface area contributed by atoms with Crippen LogP contribution < -0.4 is 16.9 Å². The standard InChI is InChI=1S/C7H5N6O2S/c8-3(14)2-1-16-7(10-2)6-11-5(4(9)15)12-13-6/h1H,(H2,8,14)(H2,9,15). The maximum atomic E-state index is 10.8. The van der Waals surface area contributed by atoms with Crippen molar-refractivity contribution in [1.82, 2.24) is 10.4 Å². The first-order chi connectivity index (χ1) is 7.58. The quantitative estimate of drug-likeness (QED) is 0.654. The molecule has 1 aliphatic heterocycles. The number of nitrogens with two attached hydrogens (primary N) is 2. The van der Waals surface area contributed by atoms with Crippen LogP contribution in [0, 0.1) is 0 Å². The molecule has 4 N–H and O–H groups in total. The largest absolute Gasteiger partial charge is 0.364 e. The molecule has 9 heteroatoms. The predicted molar refractivity (Wildman–Crippen MR) is 55.9 cm³/mol. The van der Waals surface area contributed by atoms with Gasteiger partial charge in [0.05, 0.1) is 0 Å². The molecule has 0 aromatic carbocycles. The van der Waals surface area contributed by atoms with Crippen LogP contribution in [0.25, 0.3) is 0 Å². The van der Waals surface area contributed by atoms with Gasteiger partial charge in [0.2, 0.25) is 11.7 Å². The summed E-state index contributed by atoms with van der Waals surface area (Å²) < 4.78 is 0. The van der Waals surface area contributed by atoms with Gasteiger partial charge in [-0.15, -0.1) is 21.9 Å². The highest BCUT2D eigenvalue weighted by molar-refractivity contribution is 7.12. The Kier molecular flexibility index (Phi) is 2.37. The number of nitrogens with zero attached hydrogens (tertiary/aromatic N) is 4. The topological polar surface area (TPSA) is 138 Å². The summed E-state index contributed by atoms with van der Waals surface area (Å²) in [6, 6.07) is 0. The highest BCUT2D eigenvalue weighted by atomic mass is 32.1. The maximum Gasteiger partial charge on any atom is 0.288 e. The number of hydrogen-bond donors (Lipinski definition) is 2. The van der Waals surface area contributed by atoms with Gasteiger partial charge in [-0.1, -0.05) is 0 Å². The molecule has 0 saturated heterocycles. The Morgan fingerprint density at radius 2 is 2.00 bits per heavy atom. The minimum atomic E-state index is -0.773. The van der Waals surface area contributed by atoms with Crippen molar-refractivity contribution in [3.8, 4) is 0 Å². The zero-order valence-electron chi connectivity index (χ0n) is 7.75. The van der Waals surface area contributed by atoms with Crippen LogP contribution in [0.1, 0.15) is 15.5 Å². The van der Waals surface area contributed by atoms with Crippen molar-refractivity contribution in [3.63, 3.8) is 0 Å². The Labute approximate surface area is 93.1 Å².